The van der Waals surface area contributed by atoms with Gasteiger partial charge in [0.15, 0.2) is 0 Å². The number of rotatable bonds is 3. The molecule has 1 saturated heterocycles. The number of piperidine rings is 1. The highest BCUT2D eigenvalue weighted by atomic mass is 16.3. The summed E-state index contributed by atoms with van der Waals surface area (Å²) in [6, 6.07) is 2.19. The summed E-state index contributed by atoms with van der Waals surface area (Å²) in [5, 5.41) is 27.3. The first-order valence-electron chi connectivity index (χ1n) is 5.05. The van der Waals surface area contributed by atoms with Crippen LogP contribution in [0, 0.1) is 17.2 Å². The van der Waals surface area contributed by atoms with Gasteiger partial charge in [-0.3, -0.25) is 0 Å². The van der Waals surface area contributed by atoms with Gasteiger partial charge in [0, 0.05) is 19.6 Å². The fourth-order valence-corrected chi connectivity index (χ4v) is 1.74. The number of aliphatic hydroxyl groups is 2. The molecule has 1 heterocycles. The quantitative estimate of drug-likeness (QED) is 0.668. The third-order valence-electron chi connectivity index (χ3n) is 2.83. The fourth-order valence-electron chi connectivity index (χ4n) is 1.74. The van der Waals surface area contributed by atoms with Gasteiger partial charge in [-0.1, -0.05) is 0 Å². The lowest BCUT2D eigenvalue weighted by Crippen LogP contribution is -2.47. The Morgan fingerprint density at radius 2 is 2.07 bits per heavy atom. The van der Waals surface area contributed by atoms with Crippen molar-refractivity contribution >= 4 is 0 Å². The molecule has 0 radical (unpaired) electrons. The number of nitriles is 1. The predicted molar refractivity (Wildman–Crippen MR) is 52.5 cm³/mol. The lowest BCUT2D eigenvalue weighted by molar-refractivity contribution is -0.0601. The summed E-state index contributed by atoms with van der Waals surface area (Å²) in [6.07, 6.45) is 1.20. The van der Waals surface area contributed by atoms with Gasteiger partial charge in [0.25, 0.3) is 0 Å². The molecule has 1 unspecified atom stereocenters. The zero-order chi connectivity index (χ0) is 10.6. The van der Waals surface area contributed by atoms with Crippen molar-refractivity contribution in [3.63, 3.8) is 0 Å². The van der Waals surface area contributed by atoms with Crippen molar-refractivity contribution in [3.05, 3.63) is 0 Å². The minimum absolute atomic E-state index is 0.0373. The van der Waals surface area contributed by atoms with E-state index in [1.807, 2.05) is 6.92 Å². The van der Waals surface area contributed by atoms with Gasteiger partial charge in [0.1, 0.15) is 0 Å². The van der Waals surface area contributed by atoms with Crippen molar-refractivity contribution in [2.75, 3.05) is 26.2 Å². The van der Waals surface area contributed by atoms with Crippen LogP contribution in [0.15, 0.2) is 0 Å². The first kappa shape index (κ1) is 11.4. The summed E-state index contributed by atoms with van der Waals surface area (Å²) in [5.41, 5.74) is -0.883. The molecule has 0 aromatic heterocycles. The average molecular weight is 198 g/mol. The minimum atomic E-state index is -0.883. The van der Waals surface area contributed by atoms with Crippen LogP contribution in [0.25, 0.3) is 0 Å². The highest BCUT2D eigenvalue weighted by Gasteiger charge is 2.31. The second-order valence-corrected chi connectivity index (χ2v) is 4.21. The van der Waals surface area contributed by atoms with Crippen LogP contribution in [0.3, 0.4) is 0 Å². The second-order valence-electron chi connectivity index (χ2n) is 4.21. The zero-order valence-corrected chi connectivity index (χ0v) is 8.61. The van der Waals surface area contributed by atoms with E-state index in [0.717, 1.165) is 19.6 Å². The van der Waals surface area contributed by atoms with E-state index < -0.39 is 5.60 Å². The number of likely N-dealkylation sites (tertiary alicyclic amines) is 1. The van der Waals surface area contributed by atoms with Gasteiger partial charge in [-0.25, -0.2) is 0 Å². The molecule has 0 aliphatic carbocycles. The molecule has 80 valence electrons. The monoisotopic (exact) mass is 198 g/mol. The van der Waals surface area contributed by atoms with Gasteiger partial charge in [-0.05, 0) is 19.8 Å². The zero-order valence-electron chi connectivity index (χ0n) is 8.61. The van der Waals surface area contributed by atoms with E-state index in [9.17, 15) is 5.11 Å². The van der Waals surface area contributed by atoms with Crippen LogP contribution in [0.5, 0.6) is 0 Å². The number of hydrogen-bond donors (Lipinski definition) is 2. The van der Waals surface area contributed by atoms with Crippen LogP contribution in [0.4, 0.5) is 0 Å². The largest absolute Gasteiger partial charge is 0.393 e. The molecule has 1 rings (SSSR count). The Bertz CT molecular complexity index is 217. The Hall–Kier alpha value is -0.630. The Morgan fingerprint density at radius 1 is 1.50 bits per heavy atom. The molecule has 1 atom stereocenters. The van der Waals surface area contributed by atoms with Crippen LogP contribution in [-0.4, -0.2) is 47.0 Å². The van der Waals surface area contributed by atoms with Gasteiger partial charge in [-0.2, -0.15) is 5.26 Å². The van der Waals surface area contributed by atoms with Gasteiger partial charge in [-0.15, -0.1) is 0 Å². The van der Waals surface area contributed by atoms with Crippen molar-refractivity contribution in [2.24, 2.45) is 5.92 Å². The summed E-state index contributed by atoms with van der Waals surface area (Å²) in [4.78, 5) is 2.16. The average Bonchev–Trinajstić information content (AvgIpc) is 2.21. The summed E-state index contributed by atoms with van der Waals surface area (Å²) in [6.45, 7) is 4.03. The third-order valence-corrected chi connectivity index (χ3v) is 2.83. The van der Waals surface area contributed by atoms with Gasteiger partial charge < -0.3 is 15.1 Å². The van der Waals surface area contributed by atoms with Crippen molar-refractivity contribution in [3.8, 4) is 6.07 Å². The van der Waals surface area contributed by atoms with E-state index in [1.165, 1.54) is 0 Å². The normalized spacial score (nSPS) is 24.1. The first-order chi connectivity index (χ1) is 6.59. The summed E-state index contributed by atoms with van der Waals surface area (Å²) in [5.74, 6) is 0.0373. The highest BCUT2D eigenvalue weighted by Crippen LogP contribution is 2.21. The molecule has 0 saturated carbocycles. The minimum Gasteiger partial charge on any atom is -0.393 e. The van der Waals surface area contributed by atoms with Crippen molar-refractivity contribution in [1.82, 2.24) is 4.90 Å². The molecule has 0 spiro atoms. The predicted octanol–water partition coefficient (Wildman–Crippen LogP) is -0.0347. The third kappa shape index (κ3) is 2.95. The lowest BCUT2D eigenvalue weighted by atomic mass is 9.92. The Balaban J connectivity index is 2.33. The topological polar surface area (TPSA) is 67.5 Å². The second kappa shape index (κ2) is 4.74. The molecule has 0 amide bonds. The van der Waals surface area contributed by atoms with Crippen LogP contribution < -0.4 is 0 Å². The van der Waals surface area contributed by atoms with Gasteiger partial charge in [0.05, 0.1) is 24.2 Å². The smallest absolute Gasteiger partial charge is 0.0901 e. The Morgan fingerprint density at radius 3 is 2.50 bits per heavy atom. The van der Waals surface area contributed by atoms with Crippen LogP contribution >= 0.6 is 0 Å². The summed E-state index contributed by atoms with van der Waals surface area (Å²) < 4.78 is 0. The molecular formula is C10H18N2O2. The highest BCUT2D eigenvalue weighted by molar-refractivity contribution is 4.88. The van der Waals surface area contributed by atoms with Gasteiger partial charge >= 0.3 is 0 Å². The standard InChI is InChI=1S/C10H18N2O2/c1-9(6-11)7-12-4-2-10(14,8-13)3-5-12/h9,13-14H,2-5,7-8H2,1H3. The SMILES string of the molecule is CC(C#N)CN1CCC(O)(CO)CC1. The number of hydrogen-bond acceptors (Lipinski definition) is 4. The molecule has 0 aromatic rings. The molecular weight excluding hydrogens is 180 g/mol. The van der Waals surface area contributed by atoms with Crippen molar-refractivity contribution < 1.29 is 10.2 Å². The summed E-state index contributed by atoms with van der Waals surface area (Å²) >= 11 is 0. The fraction of sp³-hybridized carbons (Fsp3) is 0.900. The van der Waals surface area contributed by atoms with E-state index in [4.69, 9.17) is 10.4 Å². The molecule has 2 N–H and O–H groups in total. The van der Waals surface area contributed by atoms with Crippen molar-refractivity contribution in [1.29, 1.82) is 5.26 Å². The van der Waals surface area contributed by atoms with E-state index in [0.29, 0.717) is 12.8 Å². The molecule has 1 aliphatic heterocycles. The lowest BCUT2D eigenvalue weighted by Gasteiger charge is -2.37. The maximum absolute atomic E-state index is 9.75. The molecule has 4 nitrogen and oxygen atoms in total. The maximum Gasteiger partial charge on any atom is 0.0901 e. The molecule has 1 aliphatic rings. The van der Waals surface area contributed by atoms with Crippen LogP contribution in [-0.2, 0) is 0 Å². The van der Waals surface area contributed by atoms with E-state index >= 15 is 0 Å². The maximum atomic E-state index is 9.75. The molecule has 1 fully saturated rings. The number of aliphatic hydroxyl groups excluding tert-OH is 1. The van der Waals surface area contributed by atoms with Crippen molar-refractivity contribution in [2.45, 2.75) is 25.4 Å². The van der Waals surface area contributed by atoms with Crippen LogP contribution in [0.1, 0.15) is 19.8 Å². The molecule has 0 aromatic carbocycles. The van der Waals surface area contributed by atoms with Gasteiger partial charge in [0.2, 0.25) is 0 Å². The Labute approximate surface area is 84.8 Å². The Kier molecular flexibility index (Phi) is 3.87. The molecule has 0 bridgehead atoms. The van der Waals surface area contributed by atoms with E-state index in [-0.39, 0.29) is 12.5 Å². The van der Waals surface area contributed by atoms with E-state index in [2.05, 4.69) is 11.0 Å². The van der Waals surface area contributed by atoms with Crippen LogP contribution in [0.2, 0.25) is 0 Å². The first-order valence-corrected chi connectivity index (χ1v) is 5.05. The van der Waals surface area contributed by atoms with E-state index in [1.54, 1.807) is 0 Å². The summed E-state index contributed by atoms with van der Waals surface area (Å²) in [7, 11) is 0. The molecule has 14 heavy (non-hydrogen) atoms. The number of nitrogens with zero attached hydrogens (tertiary/aromatic N) is 2. The molecule has 4 heteroatoms.